The molecule has 0 bridgehead atoms. The molecule has 1 aromatic carbocycles. The minimum atomic E-state index is -0.614. The van der Waals surface area contributed by atoms with Crippen LogP contribution in [-0.4, -0.2) is 50.7 Å². The lowest BCUT2D eigenvalue weighted by molar-refractivity contribution is -0.0852. The van der Waals surface area contributed by atoms with Crippen LogP contribution in [0.2, 0.25) is 5.02 Å². The van der Waals surface area contributed by atoms with Gasteiger partial charge in [-0.3, -0.25) is 4.79 Å². The first-order valence-corrected chi connectivity index (χ1v) is 12.1. The standard InChI is InChI=1S/C25H28ClNO7/c1-3-32-25(29)18-9-17-22(27(24(18)28)15-5-6-15)16-10-19(26)21(33-8-4-7-30-2)11-20(16)34-23(17)14-12-31-13-14/h9-11,14-15,23H,3-8,12-13H2,1-2H3. The van der Waals surface area contributed by atoms with E-state index in [-0.39, 0.29) is 35.8 Å². The number of methoxy groups -OCH3 is 1. The summed E-state index contributed by atoms with van der Waals surface area (Å²) in [6, 6.07) is 5.25. The van der Waals surface area contributed by atoms with Crippen molar-refractivity contribution < 1.29 is 28.5 Å². The van der Waals surface area contributed by atoms with Crippen LogP contribution in [0, 0.1) is 5.92 Å². The van der Waals surface area contributed by atoms with Crippen molar-refractivity contribution in [2.24, 2.45) is 5.92 Å². The van der Waals surface area contributed by atoms with Gasteiger partial charge in [0.1, 0.15) is 23.2 Å². The van der Waals surface area contributed by atoms with Gasteiger partial charge in [0, 0.05) is 49.3 Å². The van der Waals surface area contributed by atoms with E-state index in [2.05, 4.69) is 0 Å². The summed E-state index contributed by atoms with van der Waals surface area (Å²) in [5, 5.41) is 0.431. The Morgan fingerprint density at radius 2 is 2.00 bits per heavy atom. The summed E-state index contributed by atoms with van der Waals surface area (Å²) >= 11 is 6.59. The SMILES string of the molecule is CCOC(=O)c1cc2c(n(C3CC3)c1=O)-c1cc(Cl)c(OCCCOC)cc1OC2C1COC1. The van der Waals surface area contributed by atoms with Gasteiger partial charge in [-0.25, -0.2) is 4.79 Å². The molecule has 5 rings (SSSR count). The number of hydrogen-bond acceptors (Lipinski definition) is 7. The molecule has 0 amide bonds. The van der Waals surface area contributed by atoms with E-state index >= 15 is 0 Å². The van der Waals surface area contributed by atoms with Crippen LogP contribution in [0.25, 0.3) is 11.3 Å². The summed E-state index contributed by atoms with van der Waals surface area (Å²) in [5.41, 5.74) is 1.97. The number of halogens is 1. The molecule has 0 radical (unpaired) electrons. The quantitative estimate of drug-likeness (QED) is 0.386. The summed E-state index contributed by atoms with van der Waals surface area (Å²) in [6.45, 7) is 4.06. The molecule has 0 N–H and O–H groups in total. The molecule has 3 heterocycles. The molecule has 182 valence electrons. The highest BCUT2D eigenvalue weighted by Gasteiger charge is 2.41. The molecule has 3 aliphatic rings. The molecule has 2 aromatic rings. The van der Waals surface area contributed by atoms with E-state index in [0.29, 0.717) is 42.9 Å². The number of carbonyl (C=O) groups is 1. The van der Waals surface area contributed by atoms with E-state index in [1.54, 1.807) is 36.8 Å². The topological polar surface area (TPSA) is 85.2 Å². The zero-order valence-corrected chi connectivity index (χ0v) is 20.1. The van der Waals surface area contributed by atoms with Gasteiger partial charge in [0.15, 0.2) is 0 Å². The van der Waals surface area contributed by atoms with Crippen LogP contribution in [0.15, 0.2) is 23.0 Å². The fourth-order valence-corrected chi connectivity index (χ4v) is 4.71. The van der Waals surface area contributed by atoms with Crippen molar-refractivity contribution >= 4 is 17.6 Å². The van der Waals surface area contributed by atoms with E-state index in [4.69, 9.17) is 35.3 Å². The number of esters is 1. The maximum absolute atomic E-state index is 13.5. The van der Waals surface area contributed by atoms with Crippen molar-refractivity contribution in [3.8, 4) is 22.8 Å². The second-order valence-corrected chi connectivity index (χ2v) is 9.21. The Morgan fingerprint density at radius 3 is 2.65 bits per heavy atom. The molecule has 2 fully saturated rings. The molecule has 1 saturated carbocycles. The van der Waals surface area contributed by atoms with Gasteiger partial charge in [0.2, 0.25) is 0 Å². The lowest BCUT2D eigenvalue weighted by Gasteiger charge is -2.39. The van der Waals surface area contributed by atoms with Crippen LogP contribution in [-0.2, 0) is 14.2 Å². The smallest absolute Gasteiger partial charge is 0.343 e. The number of benzene rings is 1. The van der Waals surface area contributed by atoms with Crippen LogP contribution in [0.4, 0.5) is 0 Å². The Kier molecular flexibility index (Phi) is 6.55. The monoisotopic (exact) mass is 489 g/mol. The molecular weight excluding hydrogens is 462 g/mol. The van der Waals surface area contributed by atoms with Gasteiger partial charge in [-0.05, 0) is 31.9 Å². The third-order valence-electron chi connectivity index (χ3n) is 6.36. The van der Waals surface area contributed by atoms with Crippen molar-refractivity contribution in [1.29, 1.82) is 0 Å². The van der Waals surface area contributed by atoms with Gasteiger partial charge in [-0.2, -0.15) is 0 Å². The number of ether oxygens (including phenoxy) is 5. The maximum Gasteiger partial charge on any atom is 0.343 e. The normalized spacial score (nSPS) is 19.0. The molecule has 34 heavy (non-hydrogen) atoms. The highest BCUT2D eigenvalue weighted by molar-refractivity contribution is 6.32. The number of aromatic nitrogens is 1. The predicted octanol–water partition coefficient (Wildman–Crippen LogP) is 4.18. The van der Waals surface area contributed by atoms with Crippen LogP contribution < -0.4 is 15.0 Å². The molecule has 1 unspecified atom stereocenters. The Labute approximate surface area is 202 Å². The fraction of sp³-hybridized carbons (Fsp3) is 0.520. The van der Waals surface area contributed by atoms with E-state index in [9.17, 15) is 9.59 Å². The Morgan fingerprint density at radius 1 is 1.21 bits per heavy atom. The van der Waals surface area contributed by atoms with Gasteiger partial charge in [-0.15, -0.1) is 0 Å². The van der Waals surface area contributed by atoms with E-state index in [0.717, 1.165) is 36.1 Å². The van der Waals surface area contributed by atoms with Crippen molar-refractivity contribution in [2.45, 2.75) is 38.3 Å². The summed E-state index contributed by atoms with van der Waals surface area (Å²) in [5.74, 6) is 0.617. The van der Waals surface area contributed by atoms with Crippen molar-refractivity contribution in [3.05, 3.63) is 44.7 Å². The maximum atomic E-state index is 13.5. The van der Waals surface area contributed by atoms with Crippen LogP contribution in [0.1, 0.15) is 54.3 Å². The van der Waals surface area contributed by atoms with E-state index < -0.39 is 5.97 Å². The van der Waals surface area contributed by atoms with Gasteiger partial charge in [0.05, 0.1) is 37.1 Å². The molecule has 9 heteroatoms. The summed E-state index contributed by atoms with van der Waals surface area (Å²) in [4.78, 5) is 26.1. The Bertz CT molecular complexity index is 1150. The van der Waals surface area contributed by atoms with Crippen molar-refractivity contribution in [1.82, 2.24) is 4.57 Å². The lowest BCUT2D eigenvalue weighted by atomic mass is 9.87. The Hall–Kier alpha value is -2.55. The van der Waals surface area contributed by atoms with Crippen molar-refractivity contribution in [3.63, 3.8) is 0 Å². The first-order valence-electron chi connectivity index (χ1n) is 11.7. The minimum Gasteiger partial charge on any atom is -0.492 e. The average molecular weight is 490 g/mol. The number of pyridine rings is 1. The second-order valence-electron chi connectivity index (χ2n) is 8.80. The Balaban J connectivity index is 1.64. The zero-order chi connectivity index (χ0) is 23.8. The number of hydrogen-bond donors (Lipinski definition) is 0. The summed E-state index contributed by atoms with van der Waals surface area (Å²) in [6.07, 6.45) is 2.12. The van der Waals surface area contributed by atoms with Gasteiger partial charge < -0.3 is 28.3 Å². The first-order chi connectivity index (χ1) is 16.5. The second kappa shape index (κ2) is 9.60. The van der Waals surface area contributed by atoms with Gasteiger partial charge >= 0.3 is 5.97 Å². The summed E-state index contributed by atoms with van der Waals surface area (Å²) in [7, 11) is 1.65. The predicted molar refractivity (Wildman–Crippen MR) is 125 cm³/mol. The average Bonchev–Trinajstić information content (AvgIpc) is 3.61. The molecule has 2 aliphatic heterocycles. The highest BCUT2D eigenvalue weighted by atomic mass is 35.5. The fourth-order valence-electron chi connectivity index (χ4n) is 4.49. The molecule has 1 aliphatic carbocycles. The highest BCUT2D eigenvalue weighted by Crippen LogP contribution is 2.51. The summed E-state index contributed by atoms with van der Waals surface area (Å²) < 4.78 is 29.8. The van der Waals surface area contributed by atoms with Gasteiger partial charge in [-0.1, -0.05) is 11.6 Å². The van der Waals surface area contributed by atoms with Crippen LogP contribution in [0.3, 0.4) is 0 Å². The molecular formula is C25H28ClNO7. The molecule has 8 nitrogen and oxygen atoms in total. The van der Waals surface area contributed by atoms with Crippen LogP contribution >= 0.6 is 11.6 Å². The van der Waals surface area contributed by atoms with E-state index in [1.807, 2.05) is 0 Å². The largest absolute Gasteiger partial charge is 0.492 e. The third kappa shape index (κ3) is 4.19. The van der Waals surface area contributed by atoms with Gasteiger partial charge in [0.25, 0.3) is 5.56 Å². The number of fused-ring (bicyclic) bond motifs is 3. The van der Waals surface area contributed by atoms with E-state index in [1.165, 1.54) is 0 Å². The number of carbonyl (C=O) groups excluding carboxylic acids is 1. The first kappa shape index (κ1) is 23.2. The molecule has 1 saturated heterocycles. The van der Waals surface area contributed by atoms with Crippen molar-refractivity contribution in [2.75, 3.05) is 40.1 Å². The third-order valence-corrected chi connectivity index (χ3v) is 6.66. The lowest BCUT2D eigenvalue weighted by Crippen LogP contribution is -2.39. The molecule has 0 spiro atoms. The minimum absolute atomic E-state index is 0.0311. The molecule has 1 aromatic heterocycles. The molecule has 1 atom stereocenters. The number of nitrogens with zero attached hydrogens (tertiary/aromatic N) is 1. The zero-order valence-electron chi connectivity index (χ0n) is 19.3. The number of rotatable bonds is 9. The van der Waals surface area contributed by atoms with Crippen LogP contribution in [0.5, 0.6) is 11.5 Å².